The average Bonchev–Trinajstić information content (AvgIpc) is 3.36. The number of aliphatic hydroxyl groups is 2. The lowest BCUT2D eigenvalue weighted by atomic mass is 9.61. The standard InChI is InChI=1S/C27H36N6O4/c1-16-23-19(6-5-7-20(23)33(30-16)21-8-9-22(34)29-24(21)35)17-12-28-32(13-17)18-10-27(11-18)14-31(15-27)25(36)37-26(2,3)4/h5-7,12-13,18,21-22,24,29,34-35H,8-11,14-15H2,1-4H3. The largest absolute Gasteiger partial charge is 0.444 e. The van der Waals surface area contributed by atoms with Gasteiger partial charge in [0.05, 0.1) is 29.5 Å². The van der Waals surface area contributed by atoms with Crippen molar-refractivity contribution in [2.24, 2.45) is 5.41 Å². The molecule has 10 nitrogen and oxygen atoms in total. The van der Waals surface area contributed by atoms with Crippen LogP contribution in [0.1, 0.15) is 64.2 Å². The molecule has 2 saturated heterocycles. The first-order valence-electron chi connectivity index (χ1n) is 13.1. The predicted octanol–water partition coefficient (Wildman–Crippen LogP) is 3.34. The van der Waals surface area contributed by atoms with Gasteiger partial charge in [-0.3, -0.25) is 14.7 Å². The topological polar surface area (TPSA) is 118 Å². The van der Waals surface area contributed by atoms with Gasteiger partial charge in [0.15, 0.2) is 0 Å². The summed E-state index contributed by atoms with van der Waals surface area (Å²) in [4.78, 5) is 14.1. The second-order valence-electron chi connectivity index (χ2n) is 12.1. The van der Waals surface area contributed by atoms with Crippen LogP contribution in [0.3, 0.4) is 0 Å². The SMILES string of the molecule is Cc1nn(C2CCC(O)NC2O)c2cccc(-c3cnn(C4CC5(C4)CN(C(=O)OC(C)(C)C)C5)c3)c12. The van der Waals surface area contributed by atoms with Crippen LogP contribution in [0.15, 0.2) is 30.6 Å². The Balaban J connectivity index is 1.17. The summed E-state index contributed by atoms with van der Waals surface area (Å²) in [6.07, 6.45) is 5.47. The van der Waals surface area contributed by atoms with Gasteiger partial charge in [-0.25, -0.2) is 4.79 Å². The number of rotatable bonds is 3. The van der Waals surface area contributed by atoms with Crippen molar-refractivity contribution >= 4 is 17.0 Å². The molecular weight excluding hydrogens is 472 g/mol. The molecule has 3 unspecified atom stereocenters. The molecule has 1 saturated carbocycles. The third-order valence-corrected chi connectivity index (χ3v) is 8.01. The number of aromatic nitrogens is 4. The molecule has 3 N–H and O–H groups in total. The minimum Gasteiger partial charge on any atom is -0.444 e. The van der Waals surface area contributed by atoms with Crippen LogP contribution < -0.4 is 5.32 Å². The summed E-state index contributed by atoms with van der Waals surface area (Å²) in [5.41, 5.74) is 3.69. The molecule has 2 aromatic heterocycles. The fraction of sp³-hybridized carbons (Fsp3) is 0.593. The Labute approximate surface area is 216 Å². The van der Waals surface area contributed by atoms with Gasteiger partial charge in [-0.15, -0.1) is 0 Å². The number of aliphatic hydroxyl groups excluding tert-OH is 2. The molecule has 3 aromatic rings. The monoisotopic (exact) mass is 508 g/mol. The molecule has 4 heterocycles. The number of piperidine rings is 1. The second kappa shape index (κ2) is 8.54. The van der Waals surface area contributed by atoms with E-state index in [2.05, 4.69) is 22.3 Å². The maximum atomic E-state index is 12.3. The number of aryl methyl sites for hydroxylation is 1. The number of carbonyl (C=O) groups is 1. The highest BCUT2D eigenvalue weighted by Crippen LogP contribution is 2.54. The number of fused-ring (bicyclic) bond motifs is 1. The molecule has 10 heteroatoms. The van der Waals surface area contributed by atoms with Crippen molar-refractivity contribution < 1.29 is 19.7 Å². The summed E-state index contributed by atoms with van der Waals surface area (Å²) in [7, 11) is 0. The highest BCUT2D eigenvalue weighted by molar-refractivity contribution is 5.96. The summed E-state index contributed by atoms with van der Waals surface area (Å²) in [6.45, 7) is 9.18. The zero-order valence-corrected chi connectivity index (χ0v) is 21.9. The predicted molar refractivity (Wildman–Crippen MR) is 138 cm³/mol. The number of likely N-dealkylation sites (tertiary alicyclic amines) is 1. The van der Waals surface area contributed by atoms with Gasteiger partial charge < -0.3 is 19.8 Å². The fourth-order valence-electron chi connectivity index (χ4n) is 6.29. The van der Waals surface area contributed by atoms with Gasteiger partial charge in [0.25, 0.3) is 0 Å². The van der Waals surface area contributed by atoms with E-state index in [1.54, 1.807) is 4.90 Å². The summed E-state index contributed by atoms with van der Waals surface area (Å²) in [5.74, 6) is 0. The van der Waals surface area contributed by atoms with Crippen molar-refractivity contribution in [3.63, 3.8) is 0 Å². The molecule has 198 valence electrons. The Morgan fingerprint density at radius 2 is 1.95 bits per heavy atom. The van der Waals surface area contributed by atoms with Gasteiger partial charge in [0.1, 0.15) is 18.1 Å². The quantitative estimate of drug-likeness (QED) is 0.497. The zero-order chi connectivity index (χ0) is 26.1. The van der Waals surface area contributed by atoms with Crippen LogP contribution >= 0.6 is 0 Å². The van der Waals surface area contributed by atoms with Crippen LogP contribution in [0.2, 0.25) is 0 Å². The van der Waals surface area contributed by atoms with Gasteiger partial charge in [0.2, 0.25) is 0 Å². The van der Waals surface area contributed by atoms with Crippen molar-refractivity contribution in [2.45, 2.75) is 83.5 Å². The van der Waals surface area contributed by atoms with E-state index in [9.17, 15) is 15.0 Å². The normalized spacial score (nSPS) is 25.8. The highest BCUT2D eigenvalue weighted by Gasteiger charge is 2.55. The van der Waals surface area contributed by atoms with E-state index < -0.39 is 18.1 Å². The zero-order valence-electron chi connectivity index (χ0n) is 21.9. The number of hydrogen-bond donors (Lipinski definition) is 3. The summed E-state index contributed by atoms with van der Waals surface area (Å²) in [5, 5.41) is 33.7. The van der Waals surface area contributed by atoms with Crippen LogP contribution in [-0.2, 0) is 4.74 Å². The number of nitrogens with zero attached hydrogens (tertiary/aromatic N) is 5. The van der Waals surface area contributed by atoms with Gasteiger partial charge in [0, 0.05) is 35.7 Å². The van der Waals surface area contributed by atoms with Crippen LogP contribution in [0, 0.1) is 12.3 Å². The molecule has 3 atom stereocenters. The lowest BCUT2D eigenvalue weighted by Crippen LogP contribution is -2.64. The third kappa shape index (κ3) is 4.30. The fourth-order valence-corrected chi connectivity index (χ4v) is 6.29. The number of carbonyl (C=O) groups excluding carboxylic acids is 1. The molecule has 3 aliphatic rings. The molecular formula is C27H36N6O4. The van der Waals surface area contributed by atoms with Crippen LogP contribution in [0.5, 0.6) is 0 Å². The van der Waals surface area contributed by atoms with E-state index in [0.717, 1.165) is 53.7 Å². The van der Waals surface area contributed by atoms with Gasteiger partial charge in [-0.2, -0.15) is 10.2 Å². The Bertz CT molecular complexity index is 1330. The van der Waals surface area contributed by atoms with Gasteiger partial charge in [-0.05, 0) is 65.0 Å². The first-order chi connectivity index (χ1) is 17.5. The van der Waals surface area contributed by atoms with Crippen molar-refractivity contribution in [1.29, 1.82) is 0 Å². The maximum absolute atomic E-state index is 12.3. The Morgan fingerprint density at radius 1 is 1.19 bits per heavy atom. The molecule has 1 aliphatic carbocycles. The lowest BCUT2D eigenvalue weighted by Gasteiger charge is -2.58. The van der Waals surface area contributed by atoms with E-state index in [1.807, 2.05) is 50.7 Å². The van der Waals surface area contributed by atoms with E-state index in [0.29, 0.717) is 18.9 Å². The number of ether oxygens (including phenoxy) is 1. The smallest absolute Gasteiger partial charge is 0.410 e. The molecule has 37 heavy (non-hydrogen) atoms. The van der Waals surface area contributed by atoms with Crippen molar-refractivity contribution in [3.8, 4) is 11.1 Å². The van der Waals surface area contributed by atoms with E-state index in [-0.39, 0.29) is 17.6 Å². The third-order valence-electron chi connectivity index (χ3n) is 8.01. The van der Waals surface area contributed by atoms with Gasteiger partial charge >= 0.3 is 6.09 Å². The maximum Gasteiger partial charge on any atom is 0.410 e. The van der Waals surface area contributed by atoms with E-state index in [4.69, 9.17) is 14.9 Å². The summed E-state index contributed by atoms with van der Waals surface area (Å²) < 4.78 is 9.45. The summed E-state index contributed by atoms with van der Waals surface area (Å²) in [6, 6.07) is 6.22. The van der Waals surface area contributed by atoms with Crippen LogP contribution in [-0.4, -0.2) is 71.9 Å². The molecule has 2 aliphatic heterocycles. The van der Waals surface area contributed by atoms with Crippen LogP contribution in [0.4, 0.5) is 4.79 Å². The Kier molecular flexibility index (Phi) is 5.63. The molecule has 1 amide bonds. The second-order valence-corrected chi connectivity index (χ2v) is 12.1. The van der Waals surface area contributed by atoms with E-state index >= 15 is 0 Å². The highest BCUT2D eigenvalue weighted by atomic mass is 16.6. The van der Waals surface area contributed by atoms with Crippen molar-refractivity contribution in [2.75, 3.05) is 13.1 Å². The lowest BCUT2D eigenvalue weighted by molar-refractivity contribution is -0.0927. The Morgan fingerprint density at radius 3 is 2.65 bits per heavy atom. The summed E-state index contributed by atoms with van der Waals surface area (Å²) >= 11 is 0. The first kappa shape index (κ1) is 24.4. The number of hydrogen-bond acceptors (Lipinski definition) is 7. The van der Waals surface area contributed by atoms with E-state index in [1.165, 1.54) is 0 Å². The molecule has 3 fully saturated rings. The van der Waals surface area contributed by atoms with Crippen molar-refractivity contribution in [1.82, 2.24) is 29.8 Å². The minimum atomic E-state index is -0.860. The minimum absolute atomic E-state index is 0.188. The molecule has 0 radical (unpaired) electrons. The number of benzene rings is 1. The average molecular weight is 509 g/mol. The number of nitrogens with one attached hydrogen (secondary N) is 1. The first-order valence-corrected chi connectivity index (χ1v) is 13.1. The molecule has 1 spiro atoms. The van der Waals surface area contributed by atoms with Crippen LogP contribution in [0.25, 0.3) is 22.0 Å². The van der Waals surface area contributed by atoms with Gasteiger partial charge in [-0.1, -0.05) is 12.1 Å². The Hall–Kier alpha value is -2.95. The number of amides is 1. The van der Waals surface area contributed by atoms with Crippen molar-refractivity contribution in [3.05, 3.63) is 36.3 Å². The molecule has 6 rings (SSSR count). The molecule has 1 aromatic carbocycles. The molecule has 0 bridgehead atoms.